The molecule has 0 radical (unpaired) electrons. The van der Waals surface area contributed by atoms with Gasteiger partial charge in [0.15, 0.2) is 0 Å². The molecule has 1 unspecified atom stereocenters. The van der Waals surface area contributed by atoms with Gasteiger partial charge in [-0.05, 0) is 41.2 Å². The number of benzene rings is 2. The molecular weight excluding hydrogens is 310 g/mol. The summed E-state index contributed by atoms with van der Waals surface area (Å²) in [6.45, 7) is 10.9. The van der Waals surface area contributed by atoms with E-state index >= 15 is 0 Å². The first-order valence-corrected chi connectivity index (χ1v) is 8.94. The molecule has 0 spiro atoms. The maximum absolute atomic E-state index is 5.60. The van der Waals surface area contributed by atoms with Gasteiger partial charge in [-0.15, -0.1) is 0 Å². The van der Waals surface area contributed by atoms with Gasteiger partial charge in [-0.25, -0.2) is 0 Å². The van der Waals surface area contributed by atoms with Gasteiger partial charge in [-0.1, -0.05) is 57.2 Å². The van der Waals surface area contributed by atoms with Crippen LogP contribution in [0.1, 0.15) is 50.4 Å². The van der Waals surface area contributed by atoms with Crippen molar-refractivity contribution in [2.24, 2.45) is 0 Å². The smallest absolute Gasteiger partial charge is 0.119 e. The quantitative estimate of drug-likeness (QED) is 0.696. The normalized spacial score (nSPS) is 12.8. The molecule has 3 nitrogen and oxygen atoms in total. The second-order valence-electron chi connectivity index (χ2n) is 7.46. The molecule has 0 aliphatic rings. The van der Waals surface area contributed by atoms with Crippen molar-refractivity contribution in [1.82, 2.24) is 5.32 Å². The van der Waals surface area contributed by atoms with Crippen molar-refractivity contribution in [3.63, 3.8) is 0 Å². The first-order valence-electron chi connectivity index (χ1n) is 8.94. The average Bonchev–Trinajstić information content (AvgIpc) is 2.60. The van der Waals surface area contributed by atoms with Gasteiger partial charge in [0, 0.05) is 19.7 Å². The van der Waals surface area contributed by atoms with Crippen LogP contribution < -0.4 is 10.1 Å². The van der Waals surface area contributed by atoms with Crippen LogP contribution in [0, 0.1) is 0 Å². The second kappa shape index (κ2) is 9.02. The van der Waals surface area contributed by atoms with E-state index in [9.17, 15) is 0 Å². The van der Waals surface area contributed by atoms with Crippen LogP contribution in [0.2, 0.25) is 0 Å². The van der Waals surface area contributed by atoms with Crippen LogP contribution in [-0.4, -0.2) is 20.3 Å². The molecule has 2 aromatic carbocycles. The maximum atomic E-state index is 5.60. The minimum atomic E-state index is 0.201. The Morgan fingerprint density at radius 1 is 0.920 bits per heavy atom. The Balaban J connectivity index is 1.86. The summed E-state index contributed by atoms with van der Waals surface area (Å²) in [5.41, 5.74) is 4.13. The molecule has 2 rings (SSSR count). The summed E-state index contributed by atoms with van der Waals surface area (Å²) in [6.07, 6.45) is 0. The lowest BCUT2D eigenvalue weighted by molar-refractivity contribution is 0.146. The number of methoxy groups -OCH3 is 1. The van der Waals surface area contributed by atoms with Gasteiger partial charge >= 0.3 is 0 Å². The zero-order chi connectivity index (χ0) is 18.3. The van der Waals surface area contributed by atoms with E-state index in [2.05, 4.69) is 69.4 Å². The van der Waals surface area contributed by atoms with Gasteiger partial charge in [0.25, 0.3) is 0 Å². The van der Waals surface area contributed by atoms with Crippen LogP contribution in [0.4, 0.5) is 0 Å². The summed E-state index contributed by atoms with van der Waals surface area (Å²) in [6, 6.07) is 17.4. The Hall–Kier alpha value is -1.84. The highest BCUT2D eigenvalue weighted by Crippen LogP contribution is 2.22. The fourth-order valence-corrected chi connectivity index (χ4v) is 2.61. The van der Waals surface area contributed by atoms with E-state index in [1.165, 1.54) is 16.7 Å². The van der Waals surface area contributed by atoms with Gasteiger partial charge in [-0.3, -0.25) is 0 Å². The monoisotopic (exact) mass is 341 g/mol. The first kappa shape index (κ1) is 19.5. The molecule has 3 heteroatoms. The molecular formula is C22H31NO2. The lowest BCUT2D eigenvalue weighted by atomic mass is 9.87. The summed E-state index contributed by atoms with van der Waals surface area (Å²) in [5, 5.41) is 3.58. The highest BCUT2D eigenvalue weighted by molar-refractivity contribution is 5.30. The zero-order valence-corrected chi connectivity index (χ0v) is 16.1. The summed E-state index contributed by atoms with van der Waals surface area (Å²) >= 11 is 0. The van der Waals surface area contributed by atoms with Gasteiger partial charge in [0.05, 0.1) is 6.61 Å². The molecule has 0 aliphatic heterocycles. The summed E-state index contributed by atoms with van der Waals surface area (Å²) in [5.74, 6) is 0.880. The summed E-state index contributed by atoms with van der Waals surface area (Å²) < 4.78 is 10.6. The second-order valence-corrected chi connectivity index (χ2v) is 7.46. The minimum Gasteiger partial charge on any atom is -0.491 e. The maximum Gasteiger partial charge on any atom is 0.119 e. The fourth-order valence-electron chi connectivity index (χ4n) is 2.61. The number of hydrogen-bond acceptors (Lipinski definition) is 3. The Labute approximate surface area is 152 Å². The van der Waals surface area contributed by atoms with Crippen LogP contribution in [0.25, 0.3) is 0 Å². The van der Waals surface area contributed by atoms with Crippen LogP contribution in [0.3, 0.4) is 0 Å². The third kappa shape index (κ3) is 6.18. The van der Waals surface area contributed by atoms with Crippen LogP contribution >= 0.6 is 0 Å². The number of rotatable bonds is 8. The molecule has 136 valence electrons. The van der Waals surface area contributed by atoms with Crippen molar-refractivity contribution in [3.05, 3.63) is 65.2 Å². The lowest BCUT2D eigenvalue weighted by Crippen LogP contribution is -2.18. The molecule has 2 aromatic rings. The molecule has 25 heavy (non-hydrogen) atoms. The van der Waals surface area contributed by atoms with Crippen molar-refractivity contribution in [3.8, 4) is 5.75 Å². The minimum absolute atomic E-state index is 0.201. The van der Waals surface area contributed by atoms with Crippen molar-refractivity contribution in [2.45, 2.75) is 45.7 Å². The SMILES string of the molecule is COCCOc1ccc(C(C)NCc2ccc(C(C)(C)C)cc2)cc1. The molecule has 1 atom stereocenters. The van der Waals surface area contributed by atoms with E-state index in [-0.39, 0.29) is 11.5 Å². The third-order valence-corrected chi connectivity index (χ3v) is 4.37. The number of hydrogen-bond donors (Lipinski definition) is 1. The number of nitrogens with one attached hydrogen (secondary N) is 1. The molecule has 0 fully saturated rings. The van der Waals surface area contributed by atoms with Crippen LogP contribution in [0.5, 0.6) is 5.75 Å². The highest BCUT2D eigenvalue weighted by atomic mass is 16.5. The van der Waals surface area contributed by atoms with E-state index in [0.717, 1.165) is 12.3 Å². The van der Waals surface area contributed by atoms with Crippen molar-refractivity contribution in [1.29, 1.82) is 0 Å². The Morgan fingerprint density at radius 2 is 1.56 bits per heavy atom. The molecule has 1 N–H and O–H groups in total. The average molecular weight is 341 g/mol. The van der Waals surface area contributed by atoms with E-state index in [1.54, 1.807) is 7.11 Å². The van der Waals surface area contributed by atoms with Crippen molar-refractivity contribution >= 4 is 0 Å². The van der Waals surface area contributed by atoms with E-state index in [1.807, 2.05) is 12.1 Å². The Kier molecular flexibility index (Phi) is 7.03. The fraction of sp³-hybridized carbons (Fsp3) is 0.455. The predicted octanol–water partition coefficient (Wildman–Crippen LogP) is 4.86. The Morgan fingerprint density at radius 3 is 2.12 bits per heavy atom. The van der Waals surface area contributed by atoms with Gasteiger partial charge in [-0.2, -0.15) is 0 Å². The largest absolute Gasteiger partial charge is 0.491 e. The van der Waals surface area contributed by atoms with Crippen LogP contribution in [-0.2, 0) is 16.7 Å². The van der Waals surface area contributed by atoms with E-state index < -0.39 is 0 Å². The molecule has 0 heterocycles. The Bertz CT molecular complexity index is 627. The number of ether oxygens (including phenoxy) is 2. The summed E-state index contributed by atoms with van der Waals surface area (Å²) in [4.78, 5) is 0. The third-order valence-electron chi connectivity index (χ3n) is 4.37. The van der Waals surface area contributed by atoms with E-state index in [0.29, 0.717) is 13.2 Å². The molecule has 0 amide bonds. The molecule has 0 bridgehead atoms. The van der Waals surface area contributed by atoms with Crippen LogP contribution in [0.15, 0.2) is 48.5 Å². The first-order chi connectivity index (χ1) is 11.9. The predicted molar refractivity (Wildman–Crippen MR) is 104 cm³/mol. The zero-order valence-electron chi connectivity index (χ0n) is 16.1. The molecule has 0 aliphatic carbocycles. The summed E-state index contributed by atoms with van der Waals surface area (Å²) in [7, 11) is 1.68. The van der Waals surface area contributed by atoms with Crippen molar-refractivity contribution < 1.29 is 9.47 Å². The van der Waals surface area contributed by atoms with Gasteiger partial charge < -0.3 is 14.8 Å². The molecule has 0 saturated heterocycles. The van der Waals surface area contributed by atoms with E-state index in [4.69, 9.17) is 9.47 Å². The standard InChI is InChI=1S/C22H31NO2/c1-17(19-8-12-21(13-9-19)25-15-14-24-5)23-16-18-6-10-20(11-7-18)22(2,3)4/h6-13,17,23H,14-16H2,1-5H3. The van der Waals surface area contributed by atoms with Gasteiger partial charge in [0.2, 0.25) is 0 Å². The topological polar surface area (TPSA) is 30.5 Å². The highest BCUT2D eigenvalue weighted by Gasteiger charge is 2.13. The molecule has 0 aromatic heterocycles. The lowest BCUT2D eigenvalue weighted by Gasteiger charge is -2.20. The van der Waals surface area contributed by atoms with Crippen molar-refractivity contribution in [2.75, 3.05) is 20.3 Å². The van der Waals surface area contributed by atoms with Gasteiger partial charge in [0.1, 0.15) is 12.4 Å². The molecule has 0 saturated carbocycles.